The summed E-state index contributed by atoms with van der Waals surface area (Å²) in [6.45, 7) is 31.1. The van der Waals surface area contributed by atoms with E-state index in [2.05, 4.69) is 112 Å². The quantitative estimate of drug-likeness (QED) is 0.107. The summed E-state index contributed by atoms with van der Waals surface area (Å²) >= 11 is 0. The number of rotatable bonds is 10. The van der Waals surface area contributed by atoms with Gasteiger partial charge in [0, 0.05) is 65.3 Å². The van der Waals surface area contributed by atoms with Gasteiger partial charge in [0.25, 0.3) is 0 Å². The molecule has 460 valence electrons. The number of ketones is 2. The zero-order valence-electron chi connectivity index (χ0n) is 47.4. The standard InChI is InChI=1S/C8H8O.C8H10.C7H8.C6H7N.2C6H12.C5H11NO.C4H9NO.C4H8O.C4H10.C3H7NO.8CH4/c1-7(9)8-5-3-2-4-6-8;1-2-8-6-4-3-5-7-8;1-7-5-3-2-4-6-7;1-6-3-2-4-7-5-6;1-2-6-4-3-5-6;1-4-5-6(2)3;1-3-4-5(7)6-2;1-3-4(6)5-2;1-3-4(2)5;1-3-4-2;1-3(5)4-2;;;;;;;;/h2-6H,1H3;3-7H,2H2,1H3;2-6H,1H3;2-5H,1H3;6H,2-5H2,1H3;2,4-5H2,1,3H3;3-4H2,1-2H3,(H,6,7);3H2,1-2H3,(H,5,6);3H2,1-2H3;3-4H2,1-2H3;1-2H3,(H,4,5);8*1H4. The Kier molecular flexibility index (Phi) is 122. The van der Waals surface area contributed by atoms with Crippen molar-refractivity contribution in [1.29, 1.82) is 0 Å². The van der Waals surface area contributed by atoms with Crippen molar-refractivity contribution in [3.8, 4) is 0 Å². The third-order valence-corrected chi connectivity index (χ3v) is 9.37. The van der Waals surface area contributed by atoms with Crippen LogP contribution in [0.4, 0.5) is 0 Å². The van der Waals surface area contributed by atoms with Gasteiger partial charge < -0.3 is 20.7 Å². The monoisotopic (exact) mass is 1100 g/mol. The Labute approximate surface area is 488 Å². The van der Waals surface area contributed by atoms with Crippen LogP contribution in [0.15, 0.2) is 128 Å². The average molecular weight is 1100 g/mol. The maximum Gasteiger partial charge on any atom is 0.219 e. The Hall–Kier alpha value is -5.70. The van der Waals surface area contributed by atoms with Crippen LogP contribution in [0.1, 0.15) is 247 Å². The Morgan fingerprint density at radius 3 is 1.01 bits per heavy atom. The summed E-state index contributed by atoms with van der Waals surface area (Å²) in [5.41, 5.74) is 6.01. The number of carbonyl (C=O) groups is 5. The maximum atomic E-state index is 10.6. The van der Waals surface area contributed by atoms with Crippen molar-refractivity contribution in [1.82, 2.24) is 20.9 Å². The molecule has 1 heterocycles. The van der Waals surface area contributed by atoms with Gasteiger partial charge in [-0.3, -0.25) is 24.2 Å². The summed E-state index contributed by atoms with van der Waals surface area (Å²) in [5, 5.41) is 7.39. The molecule has 9 heteroatoms. The number of unbranched alkanes of at least 4 members (excludes halogenated alkanes) is 1. The van der Waals surface area contributed by atoms with Crippen LogP contribution in [0, 0.1) is 19.8 Å². The topological polar surface area (TPSA) is 134 Å². The highest BCUT2D eigenvalue weighted by molar-refractivity contribution is 5.93. The summed E-state index contributed by atoms with van der Waals surface area (Å²) in [7, 11) is 4.88. The van der Waals surface area contributed by atoms with E-state index >= 15 is 0 Å². The molecule has 1 saturated carbocycles. The lowest BCUT2D eigenvalue weighted by atomic mass is 9.84. The minimum atomic E-state index is 0. The Bertz CT molecular complexity index is 1670. The molecule has 9 nitrogen and oxygen atoms in total. The lowest BCUT2D eigenvalue weighted by Crippen LogP contribution is -2.16. The second-order valence-corrected chi connectivity index (χ2v) is 16.2. The first-order valence-electron chi connectivity index (χ1n) is 25.5. The van der Waals surface area contributed by atoms with Crippen LogP contribution < -0.4 is 16.0 Å². The van der Waals surface area contributed by atoms with Crippen molar-refractivity contribution >= 4 is 29.3 Å². The number of aryl methyl sites for hydroxylation is 3. The van der Waals surface area contributed by atoms with Crippen molar-refractivity contribution in [2.75, 3.05) is 21.1 Å². The van der Waals surface area contributed by atoms with E-state index in [1.54, 1.807) is 41.2 Å². The molecule has 1 fully saturated rings. The van der Waals surface area contributed by atoms with Crippen LogP contribution in [-0.2, 0) is 25.6 Å². The number of hydrogen-bond donors (Lipinski definition) is 3. The van der Waals surface area contributed by atoms with Gasteiger partial charge in [0.15, 0.2) is 5.78 Å². The van der Waals surface area contributed by atoms with Crippen molar-refractivity contribution in [2.24, 2.45) is 5.92 Å². The first-order valence-corrected chi connectivity index (χ1v) is 25.5. The molecular weight excluding hydrogens is 965 g/mol. The van der Waals surface area contributed by atoms with E-state index in [1.165, 1.54) is 80.6 Å². The molecular formula is C69H134N4O5. The molecule has 0 radical (unpaired) electrons. The summed E-state index contributed by atoms with van der Waals surface area (Å²) < 4.78 is 0. The molecule has 3 N–H and O–H groups in total. The molecule has 4 aromatic rings. The van der Waals surface area contributed by atoms with Crippen LogP contribution >= 0.6 is 0 Å². The van der Waals surface area contributed by atoms with Crippen LogP contribution in [0.25, 0.3) is 0 Å². The molecule has 5 rings (SSSR count). The lowest BCUT2D eigenvalue weighted by Gasteiger charge is -2.22. The summed E-state index contributed by atoms with van der Waals surface area (Å²) in [6.07, 6.45) is 18.6. The molecule has 0 atom stereocenters. The zero-order chi connectivity index (χ0) is 54.8. The fraction of sp³-hybridized carbons (Fsp3) is 0.565. The van der Waals surface area contributed by atoms with Gasteiger partial charge in [-0.15, -0.1) is 6.58 Å². The smallest absolute Gasteiger partial charge is 0.219 e. The van der Waals surface area contributed by atoms with Crippen LogP contribution in [-0.4, -0.2) is 55.4 Å². The van der Waals surface area contributed by atoms with Crippen molar-refractivity contribution < 1.29 is 24.0 Å². The number of Topliss-reactive ketones (excluding diaryl/α,β-unsaturated/α-hetero) is 2. The van der Waals surface area contributed by atoms with Crippen LogP contribution in [0.2, 0.25) is 0 Å². The third-order valence-electron chi connectivity index (χ3n) is 9.37. The first-order chi connectivity index (χ1) is 33.3. The number of benzene rings is 3. The number of hydrogen-bond acceptors (Lipinski definition) is 6. The highest BCUT2D eigenvalue weighted by atomic mass is 16.2. The average Bonchev–Trinajstić information content (AvgIpc) is 3.36. The summed E-state index contributed by atoms with van der Waals surface area (Å²) in [4.78, 5) is 54.4. The van der Waals surface area contributed by atoms with Crippen LogP contribution in [0.5, 0.6) is 0 Å². The molecule has 1 aromatic heterocycles. The molecule has 3 amide bonds. The molecule has 1 aliphatic rings. The predicted octanol–water partition coefficient (Wildman–Crippen LogP) is 20.4. The summed E-state index contributed by atoms with van der Waals surface area (Å²) in [6, 6.07) is 33.9. The molecule has 0 saturated heterocycles. The van der Waals surface area contributed by atoms with Crippen molar-refractivity contribution in [2.45, 2.75) is 240 Å². The zero-order valence-corrected chi connectivity index (χ0v) is 47.4. The van der Waals surface area contributed by atoms with E-state index in [9.17, 15) is 24.0 Å². The SMILES string of the molecule is C.C.C.C.C.C.C.C.C=C(C)CCC.CC(=O)c1ccccc1.CCC(=O)NC.CCC(C)=O.CCC1CCC1.CCCC.CCCC(=O)NC.CCc1ccccc1.CNC(C)=O.Cc1ccccc1.Cc1cccnc1. The fourth-order valence-electron chi connectivity index (χ4n) is 4.23. The normalized spacial score (nSPS) is 8.63. The van der Waals surface area contributed by atoms with Gasteiger partial charge in [0.1, 0.15) is 5.78 Å². The Morgan fingerprint density at radius 2 is 0.897 bits per heavy atom. The molecule has 0 spiro atoms. The number of aromatic nitrogens is 1. The second kappa shape index (κ2) is 87.9. The van der Waals surface area contributed by atoms with Crippen LogP contribution in [0.3, 0.4) is 0 Å². The highest BCUT2D eigenvalue weighted by Crippen LogP contribution is 2.28. The van der Waals surface area contributed by atoms with Gasteiger partial charge >= 0.3 is 0 Å². The van der Waals surface area contributed by atoms with Gasteiger partial charge in [-0.2, -0.15) is 0 Å². The minimum absolute atomic E-state index is 0. The first kappa shape index (κ1) is 108. The van der Waals surface area contributed by atoms with E-state index in [4.69, 9.17) is 0 Å². The number of carbonyl (C=O) groups excluding carboxylic acids is 5. The lowest BCUT2D eigenvalue weighted by molar-refractivity contribution is -0.121. The second-order valence-electron chi connectivity index (χ2n) is 16.2. The Morgan fingerprint density at radius 1 is 0.513 bits per heavy atom. The molecule has 3 aromatic carbocycles. The number of pyridine rings is 1. The number of amides is 3. The summed E-state index contributed by atoms with van der Waals surface area (Å²) in [5.74, 6) is 1.72. The number of nitrogens with zero attached hydrogens (tertiary/aromatic N) is 1. The Balaban J connectivity index is -0.0000000479. The van der Waals surface area contributed by atoms with E-state index < -0.39 is 0 Å². The van der Waals surface area contributed by atoms with Gasteiger partial charge in [-0.1, -0.05) is 268 Å². The molecule has 78 heavy (non-hydrogen) atoms. The third kappa shape index (κ3) is 103. The fourth-order valence-corrected chi connectivity index (χ4v) is 4.23. The van der Waals surface area contributed by atoms with Crippen molar-refractivity contribution in [3.05, 3.63) is 150 Å². The van der Waals surface area contributed by atoms with Gasteiger partial charge in [0.05, 0.1) is 0 Å². The van der Waals surface area contributed by atoms with Gasteiger partial charge in [-0.05, 0) is 77.0 Å². The number of allylic oxidation sites excluding steroid dienone is 1. The van der Waals surface area contributed by atoms with Gasteiger partial charge in [-0.25, -0.2) is 0 Å². The molecule has 0 unspecified atom stereocenters. The largest absolute Gasteiger partial charge is 0.359 e. The maximum absolute atomic E-state index is 10.6. The molecule has 0 bridgehead atoms. The van der Waals surface area contributed by atoms with E-state index in [0.717, 1.165) is 24.3 Å². The van der Waals surface area contributed by atoms with Gasteiger partial charge in [0.2, 0.25) is 17.7 Å². The predicted molar refractivity (Wildman–Crippen MR) is 358 cm³/mol. The molecule has 0 aliphatic heterocycles. The number of nitrogens with one attached hydrogen (secondary N) is 3. The van der Waals surface area contributed by atoms with Crippen molar-refractivity contribution in [3.63, 3.8) is 0 Å². The molecule has 1 aliphatic carbocycles. The van der Waals surface area contributed by atoms with E-state index in [-0.39, 0.29) is 88.7 Å². The highest BCUT2D eigenvalue weighted by Gasteiger charge is 2.13. The van der Waals surface area contributed by atoms with E-state index in [0.29, 0.717) is 19.3 Å². The minimum Gasteiger partial charge on any atom is -0.359 e. The van der Waals surface area contributed by atoms with E-state index in [1.807, 2.05) is 101 Å².